The molecule has 1 aromatic carbocycles. The van der Waals surface area contributed by atoms with E-state index >= 15 is 0 Å². The van der Waals surface area contributed by atoms with Crippen LogP contribution in [0, 0.1) is 11.6 Å². The number of anilines is 1. The molecule has 0 aliphatic carbocycles. The lowest BCUT2D eigenvalue weighted by Crippen LogP contribution is -2.16. The zero-order chi connectivity index (χ0) is 14.9. The van der Waals surface area contributed by atoms with E-state index in [2.05, 4.69) is 9.97 Å². The Labute approximate surface area is 116 Å². The fourth-order valence-corrected chi connectivity index (χ4v) is 1.88. The molecule has 20 heavy (non-hydrogen) atoms. The maximum atomic E-state index is 13.2. The molecular weight excluding hydrogens is 260 g/mol. The average Bonchev–Trinajstić information content (AvgIpc) is 2.25. The summed E-state index contributed by atoms with van der Waals surface area (Å²) in [6, 6.07) is 5.10. The topological polar surface area (TPSA) is 51.8 Å². The Balaban J connectivity index is 2.36. The first-order chi connectivity index (χ1) is 9.24. The molecule has 0 aliphatic rings. The van der Waals surface area contributed by atoms with Crippen molar-refractivity contribution in [1.82, 2.24) is 9.97 Å². The minimum Gasteiger partial charge on any atom is -0.384 e. The van der Waals surface area contributed by atoms with E-state index in [-0.39, 0.29) is 11.8 Å². The molecule has 0 bridgehead atoms. The molecule has 0 atom stereocenters. The lowest BCUT2D eigenvalue weighted by molar-refractivity contribution is 0.562. The van der Waals surface area contributed by atoms with Gasteiger partial charge in [-0.15, -0.1) is 0 Å². The van der Waals surface area contributed by atoms with Gasteiger partial charge < -0.3 is 5.73 Å². The highest BCUT2D eigenvalue weighted by Crippen LogP contribution is 2.22. The molecule has 2 N–H and O–H groups in total. The van der Waals surface area contributed by atoms with Gasteiger partial charge in [-0.25, -0.2) is 18.7 Å². The van der Waals surface area contributed by atoms with Crippen LogP contribution in [-0.4, -0.2) is 9.97 Å². The SMILES string of the molecule is CC(C)(C)c1cc(N)nc(Cc2cc(F)cc(F)c2)n1. The zero-order valence-corrected chi connectivity index (χ0v) is 11.7. The quantitative estimate of drug-likeness (QED) is 0.917. The molecule has 5 heteroatoms. The number of rotatable bonds is 2. The van der Waals surface area contributed by atoms with E-state index in [0.29, 0.717) is 17.2 Å². The van der Waals surface area contributed by atoms with Gasteiger partial charge in [-0.3, -0.25) is 0 Å². The Morgan fingerprint density at radius 3 is 2.15 bits per heavy atom. The standard InChI is InChI=1S/C15H17F2N3/c1-15(2,3)12-8-13(18)20-14(19-12)6-9-4-10(16)7-11(17)5-9/h4-5,7-8H,6H2,1-3H3,(H2,18,19,20). The molecule has 3 nitrogen and oxygen atoms in total. The van der Waals surface area contributed by atoms with Crippen molar-refractivity contribution in [2.24, 2.45) is 0 Å². The summed E-state index contributed by atoms with van der Waals surface area (Å²) < 4.78 is 26.3. The highest BCUT2D eigenvalue weighted by Gasteiger charge is 2.17. The van der Waals surface area contributed by atoms with Crippen molar-refractivity contribution in [2.75, 3.05) is 5.73 Å². The summed E-state index contributed by atoms with van der Waals surface area (Å²) in [5.74, 6) is -0.406. The summed E-state index contributed by atoms with van der Waals surface area (Å²) in [6.45, 7) is 6.04. The Kier molecular flexibility index (Phi) is 3.70. The molecule has 0 saturated carbocycles. The van der Waals surface area contributed by atoms with Crippen molar-refractivity contribution in [3.8, 4) is 0 Å². The Morgan fingerprint density at radius 1 is 1.00 bits per heavy atom. The van der Waals surface area contributed by atoms with E-state index in [4.69, 9.17) is 5.73 Å². The number of aromatic nitrogens is 2. The van der Waals surface area contributed by atoms with E-state index in [1.165, 1.54) is 12.1 Å². The number of hydrogen-bond acceptors (Lipinski definition) is 3. The van der Waals surface area contributed by atoms with Gasteiger partial charge in [0.05, 0.1) is 5.69 Å². The molecule has 0 radical (unpaired) electrons. The van der Waals surface area contributed by atoms with E-state index < -0.39 is 11.6 Å². The first-order valence-electron chi connectivity index (χ1n) is 6.33. The van der Waals surface area contributed by atoms with Crippen LogP contribution in [-0.2, 0) is 11.8 Å². The minimum atomic E-state index is -0.611. The van der Waals surface area contributed by atoms with Crippen molar-refractivity contribution >= 4 is 5.82 Å². The van der Waals surface area contributed by atoms with Crippen LogP contribution in [0.2, 0.25) is 0 Å². The molecule has 0 unspecified atom stereocenters. The largest absolute Gasteiger partial charge is 0.384 e. The summed E-state index contributed by atoms with van der Waals surface area (Å²) in [5, 5.41) is 0. The number of nitrogens with two attached hydrogens (primary N) is 1. The molecular formula is C15H17F2N3. The maximum absolute atomic E-state index is 13.2. The van der Waals surface area contributed by atoms with E-state index in [0.717, 1.165) is 11.8 Å². The second-order valence-corrected chi connectivity index (χ2v) is 5.80. The molecule has 0 aliphatic heterocycles. The van der Waals surface area contributed by atoms with Crippen molar-refractivity contribution in [1.29, 1.82) is 0 Å². The summed E-state index contributed by atoms with van der Waals surface area (Å²) in [5.41, 5.74) is 6.88. The van der Waals surface area contributed by atoms with Crippen LogP contribution in [0.1, 0.15) is 37.9 Å². The van der Waals surface area contributed by atoms with Crippen LogP contribution in [0.4, 0.5) is 14.6 Å². The maximum Gasteiger partial charge on any atom is 0.135 e. The van der Waals surface area contributed by atoms with Gasteiger partial charge in [0, 0.05) is 24.0 Å². The molecule has 0 amide bonds. The summed E-state index contributed by atoms with van der Waals surface area (Å²) in [7, 11) is 0. The highest BCUT2D eigenvalue weighted by atomic mass is 19.1. The number of benzene rings is 1. The number of nitrogens with zero attached hydrogens (tertiary/aromatic N) is 2. The smallest absolute Gasteiger partial charge is 0.135 e. The van der Waals surface area contributed by atoms with Crippen LogP contribution in [0.3, 0.4) is 0 Å². The first kappa shape index (κ1) is 14.4. The van der Waals surface area contributed by atoms with Crippen molar-refractivity contribution in [2.45, 2.75) is 32.6 Å². The molecule has 0 saturated heterocycles. The molecule has 0 fully saturated rings. The van der Waals surface area contributed by atoms with Gasteiger partial charge in [0.1, 0.15) is 23.3 Å². The molecule has 0 spiro atoms. The van der Waals surface area contributed by atoms with E-state index in [1.54, 1.807) is 6.07 Å². The number of halogens is 2. The zero-order valence-electron chi connectivity index (χ0n) is 11.7. The lowest BCUT2D eigenvalue weighted by atomic mass is 9.92. The van der Waals surface area contributed by atoms with Gasteiger partial charge in [-0.2, -0.15) is 0 Å². The monoisotopic (exact) mass is 277 g/mol. The third-order valence-electron chi connectivity index (χ3n) is 2.85. The van der Waals surface area contributed by atoms with E-state index in [1.807, 2.05) is 20.8 Å². The third-order valence-corrected chi connectivity index (χ3v) is 2.85. The van der Waals surface area contributed by atoms with Gasteiger partial charge in [0.25, 0.3) is 0 Å². The Bertz CT molecular complexity index is 613. The van der Waals surface area contributed by atoms with Crippen LogP contribution >= 0.6 is 0 Å². The first-order valence-corrected chi connectivity index (χ1v) is 6.33. The third kappa shape index (κ3) is 3.50. The second kappa shape index (κ2) is 5.15. The van der Waals surface area contributed by atoms with Crippen molar-refractivity contribution in [3.63, 3.8) is 0 Å². The second-order valence-electron chi connectivity index (χ2n) is 5.80. The highest BCUT2D eigenvalue weighted by molar-refractivity contribution is 5.34. The lowest BCUT2D eigenvalue weighted by Gasteiger charge is -2.18. The van der Waals surface area contributed by atoms with Gasteiger partial charge in [0.2, 0.25) is 0 Å². The fraction of sp³-hybridized carbons (Fsp3) is 0.333. The summed E-state index contributed by atoms with van der Waals surface area (Å²) in [6.07, 6.45) is 0.239. The molecule has 2 rings (SSSR count). The van der Waals surface area contributed by atoms with Gasteiger partial charge >= 0.3 is 0 Å². The van der Waals surface area contributed by atoms with E-state index in [9.17, 15) is 8.78 Å². The normalized spacial score (nSPS) is 11.7. The van der Waals surface area contributed by atoms with Gasteiger partial charge in [-0.1, -0.05) is 20.8 Å². The van der Waals surface area contributed by atoms with Crippen molar-refractivity contribution < 1.29 is 8.78 Å². The van der Waals surface area contributed by atoms with Crippen LogP contribution in [0.25, 0.3) is 0 Å². The number of nitrogen functional groups attached to an aromatic ring is 1. The van der Waals surface area contributed by atoms with Crippen LogP contribution in [0.15, 0.2) is 24.3 Å². The minimum absolute atomic E-state index is 0.168. The van der Waals surface area contributed by atoms with Crippen LogP contribution < -0.4 is 5.73 Å². The Morgan fingerprint density at radius 2 is 1.60 bits per heavy atom. The van der Waals surface area contributed by atoms with Gasteiger partial charge in [0.15, 0.2) is 0 Å². The predicted octanol–water partition coefficient (Wildman–Crippen LogP) is 3.23. The average molecular weight is 277 g/mol. The summed E-state index contributed by atoms with van der Waals surface area (Å²) >= 11 is 0. The fourth-order valence-electron chi connectivity index (χ4n) is 1.88. The van der Waals surface area contributed by atoms with Crippen LogP contribution in [0.5, 0.6) is 0 Å². The summed E-state index contributed by atoms with van der Waals surface area (Å²) in [4.78, 5) is 8.55. The Hall–Kier alpha value is -2.04. The predicted molar refractivity (Wildman–Crippen MR) is 74.3 cm³/mol. The van der Waals surface area contributed by atoms with Gasteiger partial charge in [-0.05, 0) is 17.7 Å². The number of hydrogen-bond donors (Lipinski definition) is 1. The molecule has 2 aromatic rings. The molecule has 1 aromatic heterocycles. The molecule has 1 heterocycles. The molecule has 106 valence electrons. The van der Waals surface area contributed by atoms with Crippen molar-refractivity contribution in [3.05, 3.63) is 53.0 Å².